The van der Waals surface area contributed by atoms with Gasteiger partial charge in [-0.25, -0.2) is 9.97 Å². The fourth-order valence-electron chi connectivity index (χ4n) is 3.21. The molecule has 4 rings (SSSR count). The molecule has 4 heteroatoms. The van der Waals surface area contributed by atoms with Gasteiger partial charge in [-0.15, -0.1) is 0 Å². The van der Waals surface area contributed by atoms with Crippen molar-refractivity contribution in [1.82, 2.24) is 19.1 Å². The van der Waals surface area contributed by atoms with Gasteiger partial charge in [0.05, 0.1) is 22.1 Å². The number of benzene rings is 2. The molecule has 2 heterocycles. The molecule has 4 aromatic rings. The molecule has 0 bridgehead atoms. The summed E-state index contributed by atoms with van der Waals surface area (Å²) in [4.78, 5) is 9.22. The summed E-state index contributed by atoms with van der Waals surface area (Å²) >= 11 is 0. The van der Waals surface area contributed by atoms with Crippen LogP contribution in [0.25, 0.3) is 22.1 Å². The largest absolute Gasteiger partial charge is 0.324 e. The average Bonchev–Trinajstić information content (AvgIpc) is 3.08. The molecule has 4 nitrogen and oxygen atoms in total. The van der Waals surface area contributed by atoms with Crippen LogP contribution in [0.4, 0.5) is 0 Å². The zero-order chi connectivity index (χ0) is 16.5. The van der Waals surface area contributed by atoms with E-state index in [1.54, 1.807) is 0 Å². The molecule has 120 valence electrons. The Morgan fingerprint density at radius 2 is 1.12 bits per heavy atom. The Morgan fingerprint density at radius 1 is 0.708 bits per heavy atom. The molecule has 0 N–H and O–H groups in total. The Labute approximate surface area is 141 Å². The van der Waals surface area contributed by atoms with Crippen LogP contribution in [0.1, 0.15) is 11.6 Å². The number of aryl methyl sites for hydroxylation is 2. The molecule has 0 aliphatic carbocycles. The summed E-state index contributed by atoms with van der Waals surface area (Å²) in [5, 5.41) is 0. The van der Waals surface area contributed by atoms with Crippen molar-refractivity contribution in [3.63, 3.8) is 0 Å². The maximum absolute atomic E-state index is 4.61. The number of hydrogen-bond donors (Lipinski definition) is 0. The van der Waals surface area contributed by atoms with Gasteiger partial charge in [-0.2, -0.15) is 0 Å². The van der Waals surface area contributed by atoms with Gasteiger partial charge >= 0.3 is 0 Å². The highest BCUT2D eigenvalue weighted by Gasteiger charge is 2.06. The van der Waals surface area contributed by atoms with Gasteiger partial charge in [0.15, 0.2) is 0 Å². The average molecular weight is 316 g/mol. The van der Waals surface area contributed by atoms with Gasteiger partial charge in [0.1, 0.15) is 11.6 Å². The molecule has 2 aromatic carbocycles. The molecular weight excluding hydrogens is 296 g/mol. The first kappa shape index (κ1) is 14.7. The summed E-state index contributed by atoms with van der Waals surface area (Å²) < 4.78 is 4.48. The lowest BCUT2D eigenvalue weighted by atomic mass is 10.3. The third-order valence-electron chi connectivity index (χ3n) is 4.43. The Balaban J connectivity index is 1.55. The van der Waals surface area contributed by atoms with Gasteiger partial charge < -0.3 is 9.13 Å². The van der Waals surface area contributed by atoms with E-state index in [0.717, 1.165) is 35.8 Å². The highest BCUT2D eigenvalue weighted by Crippen LogP contribution is 2.17. The summed E-state index contributed by atoms with van der Waals surface area (Å²) in [6.45, 7) is 5.78. The fourth-order valence-corrected chi connectivity index (χ4v) is 3.21. The molecule has 0 radical (unpaired) electrons. The van der Waals surface area contributed by atoms with Crippen molar-refractivity contribution in [2.24, 2.45) is 0 Å². The van der Waals surface area contributed by atoms with Crippen LogP contribution < -0.4 is 0 Å². The van der Waals surface area contributed by atoms with Gasteiger partial charge in [0.2, 0.25) is 0 Å². The number of imidazole rings is 2. The Hall–Kier alpha value is -2.88. The maximum atomic E-state index is 4.61. The van der Waals surface area contributed by atoms with E-state index in [1.807, 2.05) is 12.1 Å². The Bertz CT molecular complexity index is 952. The van der Waals surface area contributed by atoms with Gasteiger partial charge in [-0.1, -0.05) is 36.4 Å². The summed E-state index contributed by atoms with van der Waals surface area (Å²) in [5.41, 5.74) is 4.48. The van der Waals surface area contributed by atoms with Crippen LogP contribution >= 0.6 is 0 Å². The van der Waals surface area contributed by atoms with E-state index in [-0.39, 0.29) is 0 Å². The summed E-state index contributed by atoms with van der Waals surface area (Å²) in [6, 6.07) is 16.5. The normalized spacial score (nSPS) is 11.9. The number of fused-ring (bicyclic) bond motifs is 2. The zero-order valence-corrected chi connectivity index (χ0v) is 14.0. The minimum Gasteiger partial charge on any atom is -0.324 e. The van der Waals surface area contributed by atoms with Crippen molar-refractivity contribution in [2.75, 3.05) is 0 Å². The van der Waals surface area contributed by atoms with Gasteiger partial charge in [0.25, 0.3) is 0 Å². The first-order chi connectivity index (χ1) is 11.7. The molecule has 0 saturated carbocycles. The van der Waals surface area contributed by atoms with Crippen molar-refractivity contribution < 1.29 is 0 Å². The molecule has 0 aliphatic rings. The molecule has 2 aromatic heterocycles. The topological polar surface area (TPSA) is 35.6 Å². The van der Waals surface area contributed by atoms with Gasteiger partial charge in [-0.3, -0.25) is 0 Å². The van der Waals surface area contributed by atoms with E-state index in [9.17, 15) is 0 Å². The van der Waals surface area contributed by atoms with E-state index in [2.05, 4.69) is 81.5 Å². The van der Waals surface area contributed by atoms with Gasteiger partial charge in [-0.05, 0) is 38.1 Å². The summed E-state index contributed by atoms with van der Waals surface area (Å²) in [5.74, 6) is 2.09. The SMILES string of the molecule is Cc1nc2ccccc2n1C/C=C/Cn1c(C)nc2ccccc21. The van der Waals surface area contributed by atoms with Crippen LogP contribution in [0.5, 0.6) is 0 Å². The standard InChI is InChI=1S/C20H20N4/c1-15-21-17-9-3-5-11-19(17)23(15)13-7-8-14-24-16(2)22-18-10-4-6-12-20(18)24/h3-12H,13-14H2,1-2H3/b8-7+. The Kier molecular flexibility index (Phi) is 3.65. The highest BCUT2D eigenvalue weighted by atomic mass is 15.1. The monoisotopic (exact) mass is 316 g/mol. The van der Waals surface area contributed by atoms with Gasteiger partial charge in [0, 0.05) is 13.1 Å². The molecule has 0 amide bonds. The molecule has 0 atom stereocenters. The van der Waals surface area contributed by atoms with E-state index >= 15 is 0 Å². The lowest BCUT2D eigenvalue weighted by Crippen LogP contribution is -2.00. The quantitative estimate of drug-likeness (QED) is 0.527. The van der Waals surface area contributed by atoms with Crippen LogP contribution in [0.15, 0.2) is 60.7 Å². The smallest absolute Gasteiger partial charge is 0.107 e. The van der Waals surface area contributed by atoms with E-state index in [1.165, 1.54) is 11.0 Å². The predicted molar refractivity (Wildman–Crippen MR) is 98.1 cm³/mol. The van der Waals surface area contributed by atoms with Crippen molar-refractivity contribution in [2.45, 2.75) is 26.9 Å². The molecule has 0 unspecified atom stereocenters. The zero-order valence-electron chi connectivity index (χ0n) is 14.0. The van der Waals surface area contributed by atoms with E-state index in [0.29, 0.717) is 0 Å². The number of para-hydroxylation sites is 4. The maximum Gasteiger partial charge on any atom is 0.107 e. The highest BCUT2D eigenvalue weighted by molar-refractivity contribution is 5.76. The fraction of sp³-hybridized carbons (Fsp3) is 0.200. The number of hydrogen-bond acceptors (Lipinski definition) is 2. The number of allylic oxidation sites excluding steroid dienone is 2. The third-order valence-corrected chi connectivity index (χ3v) is 4.43. The van der Waals surface area contributed by atoms with Crippen LogP contribution in [-0.4, -0.2) is 19.1 Å². The van der Waals surface area contributed by atoms with Crippen LogP contribution in [0, 0.1) is 13.8 Å². The van der Waals surface area contributed by atoms with Crippen molar-refractivity contribution in [1.29, 1.82) is 0 Å². The second-order valence-electron chi connectivity index (χ2n) is 5.99. The first-order valence-electron chi connectivity index (χ1n) is 8.23. The predicted octanol–water partition coefficient (Wildman–Crippen LogP) is 4.26. The number of nitrogens with zero attached hydrogens (tertiary/aromatic N) is 4. The molecule has 0 fully saturated rings. The van der Waals surface area contributed by atoms with Crippen LogP contribution in [0.3, 0.4) is 0 Å². The lowest BCUT2D eigenvalue weighted by molar-refractivity contribution is 0.779. The lowest BCUT2D eigenvalue weighted by Gasteiger charge is -2.04. The van der Waals surface area contributed by atoms with Crippen molar-refractivity contribution in [3.8, 4) is 0 Å². The first-order valence-corrected chi connectivity index (χ1v) is 8.23. The minimum absolute atomic E-state index is 0.831. The van der Waals surface area contributed by atoms with E-state index in [4.69, 9.17) is 0 Å². The molecule has 0 aliphatic heterocycles. The van der Waals surface area contributed by atoms with Crippen LogP contribution in [0.2, 0.25) is 0 Å². The van der Waals surface area contributed by atoms with Crippen molar-refractivity contribution >= 4 is 22.1 Å². The molecule has 24 heavy (non-hydrogen) atoms. The number of rotatable bonds is 4. The summed E-state index contributed by atoms with van der Waals surface area (Å²) in [7, 11) is 0. The Morgan fingerprint density at radius 3 is 1.58 bits per heavy atom. The molecular formula is C20H20N4. The van der Waals surface area contributed by atoms with Crippen LogP contribution in [-0.2, 0) is 13.1 Å². The second kappa shape index (κ2) is 5.96. The minimum atomic E-state index is 0.831. The van der Waals surface area contributed by atoms with Crippen molar-refractivity contribution in [3.05, 3.63) is 72.3 Å². The molecule has 0 spiro atoms. The second-order valence-corrected chi connectivity index (χ2v) is 5.99. The number of aromatic nitrogens is 4. The summed E-state index contributed by atoms with van der Waals surface area (Å²) in [6.07, 6.45) is 4.41. The van der Waals surface area contributed by atoms with E-state index < -0.39 is 0 Å². The molecule has 0 saturated heterocycles. The third kappa shape index (κ3) is 2.50.